The monoisotopic (exact) mass is 330 g/mol. The van der Waals surface area contributed by atoms with Gasteiger partial charge < -0.3 is 4.90 Å². The summed E-state index contributed by atoms with van der Waals surface area (Å²) in [5.41, 5.74) is 0. The summed E-state index contributed by atoms with van der Waals surface area (Å²) < 4.78 is 27.5. The van der Waals surface area contributed by atoms with Crippen LogP contribution in [0.15, 0.2) is 33.9 Å². The lowest BCUT2D eigenvalue weighted by atomic mass is 10.2. The maximum atomic E-state index is 12.2. The number of rotatable bonds is 6. The smallest absolute Gasteiger partial charge is 0.250 e. The quantitative estimate of drug-likeness (QED) is 0.886. The molecule has 20 heavy (non-hydrogen) atoms. The van der Waals surface area contributed by atoms with E-state index in [4.69, 9.17) is 0 Å². The van der Waals surface area contributed by atoms with E-state index in [1.807, 2.05) is 49.5 Å². The van der Waals surface area contributed by atoms with Crippen LogP contribution in [-0.2, 0) is 10.0 Å². The van der Waals surface area contributed by atoms with Crippen LogP contribution in [0, 0.1) is 6.92 Å². The van der Waals surface area contributed by atoms with Gasteiger partial charge in [-0.25, -0.2) is 13.1 Å². The second-order valence-corrected chi connectivity index (χ2v) is 8.97. The molecule has 0 fully saturated rings. The van der Waals surface area contributed by atoms with Crippen molar-refractivity contribution in [2.24, 2.45) is 0 Å². The van der Waals surface area contributed by atoms with Crippen molar-refractivity contribution in [1.82, 2.24) is 9.62 Å². The summed E-state index contributed by atoms with van der Waals surface area (Å²) in [5.74, 6) is 0. The van der Waals surface area contributed by atoms with Crippen LogP contribution in [0.25, 0.3) is 0 Å². The van der Waals surface area contributed by atoms with Gasteiger partial charge in [-0.1, -0.05) is 6.07 Å². The van der Waals surface area contributed by atoms with Crippen LogP contribution in [-0.4, -0.2) is 34.0 Å². The zero-order valence-electron chi connectivity index (χ0n) is 11.7. The highest BCUT2D eigenvalue weighted by Gasteiger charge is 2.21. The van der Waals surface area contributed by atoms with Crippen LogP contribution >= 0.6 is 22.7 Å². The Hall–Kier alpha value is -0.730. The minimum atomic E-state index is -3.41. The number of nitrogens with zero attached hydrogens (tertiary/aromatic N) is 1. The number of aryl methyl sites for hydroxylation is 1. The molecule has 4 nitrogen and oxygen atoms in total. The van der Waals surface area contributed by atoms with Gasteiger partial charge in [0, 0.05) is 16.3 Å². The normalized spacial score (nSPS) is 13.8. The lowest BCUT2D eigenvalue weighted by molar-refractivity contribution is 0.303. The Balaban J connectivity index is 2.10. The molecule has 2 heterocycles. The highest BCUT2D eigenvalue weighted by atomic mass is 32.2. The fourth-order valence-corrected chi connectivity index (χ4v) is 5.12. The molecule has 0 aliphatic carbocycles. The van der Waals surface area contributed by atoms with Gasteiger partial charge in [-0.3, -0.25) is 0 Å². The van der Waals surface area contributed by atoms with Gasteiger partial charge in [0.15, 0.2) is 0 Å². The molecule has 2 aromatic heterocycles. The Kier molecular flexibility index (Phi) is 4.98. The van der Waals surface area contributed by atoms with Crippen LogP contribution in [0.5, 0.6) is 0 Å². The molecular formula is C13H18N2O2S3. The lowest BCUT2D eigenvalue weighted by Gasteiger charge is -2.23. The van der Waals surface area contributed by atoms with Crippen molar-refractivity contribution >= 4 is 32.7 Å². The molecule has 7 heteroatoms. The van der Waals surface area contributed by atoms with Crippen LogP contribution < -0.4 is 4.72 Å². The standard InChI is InChI=1S/C13H18N2O2S3/c1-10-6-7-13(19-10)20(16,17)14-9-11(15(2)3)12-5-4-8-18-12/h4-8,11,14H,9H2,1-3H3/t11-/m0/s1. The van der Waals surface area contributed by atoms with Gasteiger partial charge in [-0.05, 0) is 44.6 Å². The molecule has 0 aliphatic rings. The predicted molar refractivity (Wildman–Crippen MR) is 85.0 cm³/mol. The van der Waals surface area contributed by atoms with E-state index < -0.39 is 10.0 Å². The molecule has 2 aromatic rings. The van der Waals surface area contributed by atoms with E-state index in [9.17, 15) is 8.42 Å². The molecule has 1 N–H and O–H groups in total. The molecular weight excluding hydrogens is 312 g/mol. The van der Waals surface area contributed by atoms with E-state index in [1.54, 1.807) is 17.4 Å². The number of likely N-dealkylation sites (N-methyl/N-ethyl adjacent to an activating group) is 1. The second-order valence-electron chi connectivity index (χ2n) is 4.71. The summed E-state index contributed by atoms with van der Waals surface area (Å²) >= 11 is 2.93. The van der Waals surface area contributed by atoms with Crippen molar-refractivity contribution in [3.05, 3.63) is 39.4 Å². The minimum Gasteiger partial charge on any atom is -0.300 e. The molecule has 0 saturated carbocycles. The fourth-order valence-electron chi connectivity index (χ4n) is 1.83. The Morgan fingerprint density at radius 1 is 1.30 bits per heavy atom. The maximum absolute atomic E-state index is 12.2. The van der Waals surface area contributed by atoms with Crippen molar-refractivity contribution in [2.75, 3.05) is 20.6 Å². The molecule has 110 valence electrons. The number of hydrogen-bond acceptors (Lipinski definition) is 5. The summed E-state index contributed by atoms with van der Waals surface area (Å²) in [7, 11) is 0.492. The average molecular weight is 331 g/mol. The third-order valence-electron chi connectivity index (χ3n) is 2.94. The first-order valence-electron chi connectivity index (χ1n) is 6.16. The molecule has 2 rings (SSSR count). The summed E-state index contributed by atoms with van der Waals surface area (Å²) in [4.78, 5) is 4.17. The van der Waals surface area contributed by atoms with Gasteiger partial charge >= 0.3 is 0 Å². The molecule has 0 aromatic carbocycles. The fraction of sp³-hybridized carbons (Fsp3) is 0.385. The Morgan fingerprint density at radius 3 is 2.55 bits per heavy atom. The molecule has 0 aliphatic heterocycles. The number of nitrogens with one attached hydrogen (secondary N) is 1. The highest BCUT2D eigenvalue weighted by molar-refractivity contribution is 7.91. The van der Waals surface area contributed by atoms with Crippen LogP contribution in [0.3, 0.4) is 0 Å². The molecule has 0 amide bonds. The zero-order valence-corrected chi connectivity index (χ0v) is 14.1. The van der Waals surface area contributed by atoms with Crippen molar-refractivity contribution in [1.29, 1.82) is 0 Å². The first-order chi connectivity index (χ1) is 9.40. The largest absolute Gasteiger partial charge is 0.300 e. The topological polar surface area (TPSA) is 49.4 Å². The van der Waals surface area contributed by atoms with Crippen molar-refractivity contribution in [3.63, 3.8) is 0 Å². The van der Waals surface area contributed by atoms with Crippen LogP contribution in [0.4, 0.5) is 0 Å². The number of thiophene rings is 2. The van der Waals surface area contributed by atoms with Crippen molar-refractivity contribution in [3.8, 4) is 0 Å². The van der Waals surface area contributed by atoms with Gasteiger partial charge in [-0.15, -0.1) is 22.7 Å². The molecule has 0 radical (unpaired) electrons. The molecule has 0 unspecified atom stereocenters. The Morgan fingerprint density at radius 2 is 2.05 bits per heavy atom. The number of hydrogen-bond donors (Lipinski definition) is 1. The van der Waals surface area contributed by atoms with E-state index in [0.717, 1.165) is 9.75 Å². The Bertz CT molecular complexity index is 645. The average Bonchev–Trinajstić information content (AvgIpc) is 3.00. The van der Waals surface area contributed by atoms with Crippen molar-refractivity contribution in [2.45, 2.75) is 17.2 Å². The molecule has 0 bridgehead atoms. The molecule has 1 atom stereocenters. The predicted octanol–water partition coefficient (Wildman–Crippen LogP) is 2.70. The maximum Gasteiger partial charge on any atom is 0.250 e. The lowest BCUT2D eigenvalue weighted by Crippen LogP contribution is -2.33. The summed E-state index contributed by atoms with van der Waals surface area (Å²) in [6.07, 6.45) is 0. The molecule has 0 spiro atoms. The van der Waals surface area contributed by atoms with E-state index in [1.165, 1.54) is 11.3 Å². The first kappa shape index (κ1) is 15.7. The van der Waals surface area contributed by atoms with Crippen molar-refractivity contribution < 1.29 is 8.42 Å². The Labute approximate surface area is 128 Å². The molecule has 0 saturated heterocycles. The van der Waals surface area contributed by atoms with Gasteiger partial charge in [0.2, 0.25) is 10.0 Å². The van der Waals surface area contributed by atoms with Gasteiger partial charge in [0.1, 0.15) is 4.21 Å². The van der Waals surface area contributed by atoms with Crippen LogP contribution in [0.1, 0.15) is 15.8 Å². The third-order valence-corrected chi connectivity index (χ3v) is 6.83. The van der Waals surface area contributed by atoms with Gasteiger partial charge in [-0.2, -0.15) is 0 Å². The highest BCUT2D eigenvalue weighted by Crippen LogP contribution is 2.24. The second kappa shape index (κ2) is 6.36. The summed E-state index contributed by atoms with van der Waals surface area (Å²) in [5, 5.41) is 2.00. The van der Waals surface area contributed by atoms with Gasteiger partial charge in [0.05, 0.1) is 6.04 Å². The van der Waals surface area contributed by atoms with E-state index in [-0.39, 0.29) is 6.04 Å². The van der Waals surface area contributed by atoms with E-state index in [0.29, 0.717) is 10.8 Å². The van der Waals surface area contributed by atoms with Crippen LogP contribution in [0.2, 0.25) is 0 Å². The summed E-state index contributed by atoms with van der Waals surface area (Å²) in [6, 6.07) is 7.53. The first-order valence-corrected chi connectivity index (χ1v) is 9.34. The SMILES string of the molecule is Cc1ccc(S(=O)(=O)NC[C@@H](c2cccs2)N(C)C)s1. The number of sulfonamides is 1. The zero-order chi connectivity index (χ0) is 14.8. The minimum absolute atomic E-state index is 0.0471. The summed E-state index contributed by atoms with van der Waals surface area (Å²) in [6.45, 7) is 2.27. The van der Waals surface area contributed by atoms with E-state index >= 15 is 0 Å². The van der Waals surface area contributed by atoms with Gasteiger partial charge in [0.25, 0.3) is 0 Å². The van der Waals surface area contributed by atoms with E-state index in [2.05, 4.69) is 4.72 Å². The third kappa shape index (κ3) is 3.67.